The van der Waals surface area contributed by atoms with Gasteiger partial charge in [0.1, 0.15) is 5.75 Å². The molecule has 6 rings (SSSR count). The van der Waals surface area contributed by atoms with Gasteiger partial charge in [0.25, 0.3) is 10.0 Å². The minimum atomic E-state index is -4.10. The zero-order valence-electron chi connectivity index (χ0n) is 24.6. The molecule has 1 spiro atoms. The summed E-state index contributed by atoms with van der Waals surface area (Å²) in [6.45, 7) is 7.35. The Morgan fingerprint density at radius 2 is 1.95 bits per heavy atom. The fourth-order valence-corrected chi connectivity index (χ4v) is 8.77. The number of carbonyl (C=O) groups is 1. The molecule has 1 amide bonds. The minimum Gasteiger partial charge on any atom is -0.490 e. The van der Waals surface area contributed by atoms with Crippen molar-refractivity contribution < 1.29 is 23.1 Å². The topological polar surface area (TPSA) is 95.9 Å². The van der Waals surface area contributed by atoms with Gasteiger partial charge in [0, 0.05) is 29.4 Å². The van der Waals surface area contributed by atoms with Gasteiger partial charge in [0.2, 0.25) is 5.91 Å². The first-order chi connectivity index (χ1) is 19.9. The van der Waals surface area contributed by atoms with Crippen molar-refractivity contribution in [2.24, 2.45) is 23.7 Å². The third kappa shape index (κ3) is 5.35. The molecule has 2 N–H and O–H groups in total. The Hall–Kier alpha value is -2.55. The monoisotopic (exact) mass is 612 g/mol. The Bertz CT molecular complexity index is 1520. The second-order valence-electron chi connectivity index (χ2n) is 13.3. The smallest absolute Gasteiger partial charge is 0.264 e. The van der Waals surface area contributed by atoms with E-state index in [4.69, 9.17) is 16.3 Å². The molecule has 6 atom stereocenters. The minimum absolute atomic E-state index is 0.0407. The largest absolute Gasteiger partial charge is 0.490 e. The molecular weight excluding hydrogens is 572 g/mol. The number of anilines is 1. The summed E-state index contributed by atoms with van der Waals surface area (Å²) >= 11 is 6.39. The number of hydrogen-bond acceptors (Lipinski definition) is 6. The summed E-state index contributed by atoms with van der Waals surface area (Å²) in [6, 6.07) is 11.0. The van der Waals surface area contributed by atoms with Crippen LogP contribution in [-0.2, 0) is 26.7 Å². The number of halogens is 1. The molecule has 2 bridgehead atoms. The van der Waals surface area contributed by atoms with Crippen LogP contribution >= 0.6 is 11.6 Å². The standard InChI is InChI=1S/C33H41ClN2O5S/c1-21-6-4-14-32(3,38)27-11-8-24(27)18-36-19-33(15-5-7-23-16-25(34)9-12-28(23)33)20-41-30-13-10-26(17-29(30)36)42(39,40)35-31(37)22(21)2/h4,9-10,12-14,16-17,21-22,24,27,38H,5-8,11,15,18-20H2,1-3H3,(H,35,37)/b14-4+/t21-,22+,24-,27+,32-,33-/m0/s1. The molecule has 4 aliphatic rings. The second-order valence-corrected chi connectivity index (χ2v) is 15.4. The molecule has 2 aliphatic heterocycles. The van der Waals surface area contributed by atoms with Crippen LogP contribution in [0.3, 0.4) is 0 Å². The fraction of sp³-hybridized carbons (Fsp3) is 0.545. The molecular formula is C33H41ClN2O5S. The van der Waals surface area contributed by atoms with Crippen LogP contribution in [0, 0.1) is 23.7 Å². The highest BCUT2D eigenvalue weighted by Gasteiger charge is 2.46. The highest BCUT2D eigenvalue weighted by Crippen LogP contribution is 2.48. The molecule has 0 radical (unpaired) electrons. The molecule has 226 valence electrons. The lowest BCUT2D eigenvalue weighted by Crippen LogP contribution is -2.51. The Morgan fingerprint density at radius 1 is 1.14 bits per heavy atom. The second kappa shape index (κ2) is 10.9. The average Bonchev–Trinajstić information content (AvgIpc) is 3.06. The summed E-state index contributed by atoms with van der Waals surface area (Å²) in [5, 5.41) is 12.3. The van der Waals surface area contributed by atoms with Crippen LogP contribution in [0.1, 0.15) is 64.0 Å². The fourth-order valence-electron chi connectivity index (χ4n) is 7.49. The van der Waals surface area contributed by atoms with Crippen LogP contribution in [0.25, 0.3) is 0 Å². The highest BCUT2D eigenvalue weighted by atomic mass is 35.5. The normalized spacial score (nSPS) is 35.1. The van der Waals surface area contributed by atoms with Crippen molar-refractivity contribution in [1.29, 1.82) is 0 Å². The third-order valence-corrected chi connectivity index (χ3v) is 12.0. The van der Waals surface area contributed by atoms with Gasteiger partial charge in [-0.3, -0.25) is 4.79 Å². The summed E-state index contributed by atoms with van der Waals surface area (Å²) < 4.78 is 35.8. The molecule has 2 aromatic carbocycles. The van der Waals surface area contributed by atoms with E-state index in [2.05, 4.69) is 21.8 Å². The number of aryl methyl sites for hydroxylation is 1. The van der Waals surface area contributed by atoms with Gasteiger partial charge in [-0.25, -0.2) is 13.1 Å². The Morgan fingerprint density at radius 3 is 2.71 bits per heavy atom. The lowest BCUT2D eigenvalue weighted by Gasteiger charge is -2.48. The van der Waals surface area contributed by atoms with Crippen molar-refractivity contribution in [3.63, 3.8) is 0 Å². The number of sulfonamides is 1. The maximum Gasteiger partial charge on any atom is 0.264 e. The lowest BCUT2D eigenvalue weighted by atomic mass is 9.64. The van der Waals surface area contributed by atoms with Crippen LogP contribution < -0.4 is 14.4 Å². The van der Waals surface area contributed by atoms with E-state index >= 15 is 0 Å². The van der Waals surface area contributed by atoms with Crippen molar-refractivity contribution in [3.8, 4) is 5.75 Å². The van der Waals surface area contributed by atoms with Crippen molar-refractivity contribution in [2.45, 2.75) is 75.2 Å². The number of aliphatic hydroxyl groups is 1. The average molecular weight is 613 g/mol. The van der Waals surface area contributed by atoms with Gasteiger partial charge in [-0.2, -0.15) is 0 Å². The summed E-state index contributed by atoms with van der Waals surface area (Å²) in [4.78, 5) is 15.4. The number of amides is 1. The van der Waals surface area contributed by atoms with Crippen LogP contribution in [-0.4, -0.2) is 44.7 Å². The Balaban J connectivity index is 1.45. The van der Waals surface area contributed by atoms with Crippen LogP contribution in [0.4, 0.5) is 5.69 Å². The molecule has 9 heteroatoms. The zero-order chi connectivity index (χ0) is 29.9. The number of benzene rings is 2. The van der Waals surface area contributed by atoms with E-state index in [0.29, 0.717) is 37.6 Å². The van der Waals surface area contributed by atoms with Gasteiger partial charge in [0.05, 0.1) is 22.8 Å². The summed E-state index contributed by atoms with van der Waals surface area (Å²) in [5.41, 5.74) is 1.91. The number of nitrogens with zero attached hydrogens (tertiary/aromatic N) is 1. The number of nitrogens with one attached hydrogen (secondary N) is 1. The molecule has 2 aromatic rings. The molecule has 0 saturated heterocycles. The number of allylic oxidation sites excluding steroid dienone is 1. The zero-order valence-corrected chi connectivity index (χ0v) is 26.2. The predicted molar refractivity (Wildman–Crippen MR) is 164 cm³/mol. The summed E-state index contributed by atoms with van der Waals surface area (Å²) in [5.74, 6) is -0.232. The van der Waals surface area contributed by atoms with Crippen molar-refractivity contribution in [2.75, 3.05) is 24.6 Å². The first kappa shape index (κ1) is 29.5. The summed E-state index contributed by atoms with van der Waals surface area (Å²) in [7, 11) is -4.10. The molecule has 7 nitrogen and oxygen atoms in total. The van der Waals surface area contributed by atoms with Gasteiger partial charge in [-0.05, 0) is 105 Å². The number of ether oxygens (including phenoxy) is 1. The van der Waals surface area contributed by atoms with E-state index < -0.39 is 27.4 Å². The molecule has 0 aromatic heterocycles. The van der Waals surface area contributed by atoms with Gasteiger partial charge < -0.3 is 14.7 Å². The van der Waals surface area contributed by atoms with E-state index in [9.17, 15) is 18.3 Å². The van der Waals surface area contributed by atoms with Gasteiger partial charge in [0.15, 0.2) is 0 Å². The number of carbonyl (C=O) groups excluding carboxylic acids is 1. The van der Waals surface area contributed by atoms with E-state index in [-0.39, 0.29) is 28.1 Å². The van der Waals surface area contributed by atoms with Crippen molar-refractivity contribution >= 4 is 33.2 Å². The lowest BCUT2D eigenvalue weighted by molar-refractivity contribution is -0.124. The first-order valence-electron chi connectivity index (χ1n) is 15.2. The maximum atomic E-state index is 13.5. The number of hydrogen-bond donors (Lipinski definition) is 2. The van der Waals surface area contributed by atoms with Gasteiger partial charge in [-0.15, -0.1) is 0 Å². The Kier molecular flexibility index (Phi) is 7.64. The molecule has 0 unspecified atom stereocenters. The molecule has 2 aliphatic carbocycles. The predicted octanol–water partition coefficient (Wildman–Crippen LogP) is 5.63. The van der Waals surface area contributed by atoms with E-state index in [0.717, 1.165) is 37.1 Å². The number of fused-ring (bicyclic) bond motifs is 4. The quantitative estimate of drug-likeness (QED) is 0.375. The maximum absolute atomic E-state index is 13.5. The van der Waals surface area contributed by atoms with E-state index in [1.807, 2.05) is 32.1 Å². The molecule has 2 heterocycles. The first-order valence-corrected chi connectivity index (χ1v) is 17.0. The van der Waals surface area contributed by atoms with E-state index in [1.165, 1.54) is 17.2 Å². The SMILES string of the molecule is C[C@H]1C/C=C/[C@](C)(O)[C@@H]2CC[C@H]2CN2C[C@@]3(CCCc4cc(Cl)ccc43)COc3ccc(cc32)S(=O)(=O)NC(=O)[C@@H]1C. The molecule has 42 heavy (non-hydrogen) atoms. The third-order valence-electron chi connectivity index (χ3n) is 10.4. The van der Waals surface area contributed by atoms with E-state index in [1.54, 1.807) is 19.1 Å². The van der Waals surface area contributed by atoms with Crippen LogP contribution in [0.5, 0.6) is 5.75 Å². The molecule has 1 fully saturated rings. The van der Waals surface area contributed by atoms with Gasteiger partial charge in [-0.1, -0.05) is 43.7 Å². The van der Waals surface area contributed by atoms with Gasteiger partial charge >= 0.3 is 0 Å². The van der Waals surface area contributed by atoms with Crippen LogP contribution in [0.15, 0.2) is 53.4 Å². The van der Waals surface area contributed by atoms with Crippen molar-refractivity contribution in [1.82, 2.24) is 4.72 Å². The Labute approximate surface area is 254 Å². The van der Waals surface area contributed by atoms with Crippen LogP contribution in [0.2, 0.25) is 5.02 Å². The highest BCUT2D eigenvalue weighted by molar-refractivity contribution is 7.90. The molecule has 1 saturated carbocycles. The van der Waals surface area contributed by atoms with Crippen molar-refractivity contribution in [3.05, 3.63) is 64.7 Å². The number of rotatable bonds is 0. The summed E-state index contributed by atoms with van der Waals surface area (Å²) in [6.07, 6.45) is 9.22.